The first-order valence-corrected chi connectivity index (χ1v) is 5.06. The van der Waals surface area contributed by atoms with Crippen LogP contribution in [0.15, 0.2) is 22.9 Å². The van der Waals surface area contributed by atoms with Crippen LogP contribution in [0.1, 0.15) is 34.1 Å². The van der Waals surface area contributed by atoms with E-state index in [1.54, 1.807) is 13.8 Å². The van der Waals surface area contributed by atoms with Gasteiger partial charge in [0.2, 0.25) is 5.91 Å². The zero-order chi connectivity index (χ0) is 12.9. The summed E-state index contributed by atoms with van der Waals surface area (Å²) in [4.78, 5) is 21.2. The molecule has 0 radical (unpaired) electrons. The molecule has 0 spiro atoms. The van der Waals surface area contributed by atoms with E-state index < -0.39 is 10.8 Å². The molecule has 0 saturated carbocycles. The lowest BCUT2D eigenvalue weighted by Crippen LogP contribution is -2.14. The van der Waals surface area contributed by atoms with Crippen molar-refractivity contribution >= 4 is 5.91 Å². The quantitative estimate of drug-likeness (QED) is 0.442. The number of allylic oxidation sites excluding steroid dienone is 2. The summed E-state index contributed by atoms with van der Waals surface area (Å²) in [5.74, 6) is -0.418. The largest absolute Gasteiger partial charge is 0.369 e. The third-order valence-electron chi connectivity index (χ3n) is 2.15. The molecular weight excluding hydrogens is 208 g/mol. The van der Waals surface area contributed by atoms with Crippen LogP contribution in [0.3, 0.4) is 0 Å². The highest BCUT2D eigenvalue weighted by atomic mass is 16.6. The monoisotopic (exact) mass is 226 g/mol. The summed E-state index contributed by atoms with van der Waals surface area (Å²) in [6, 6.07) is 0. The molecule has 0 unspecified atom stereocenters. The first-order chi connectivity index (χ1) is 7.25. The molecule has 0 aromatic rings. The van der Waals surface area contributed by atoms with Gasteiger partial charge in [0, 0.05) is 18.1 Å². The summed E-state index contributed by atoms with van der Waals surface area (Å²) < 4.78 is 0. The van der Waals surface area contributed by atoms with Gasteiger partial charge in [-0.1, -0.05) is 19.4 Å². The smallest absolute Gasteiger partial charge is 0.268 e. The molecule has 0 aromatic carbocycles. The molecule has 0 fully saturated rings. The van der Waals surface area contributed by atoms with Crippen molar-refractivity contribution in [3.63, 3.8) is 0 Å². The van der Waals surface area contributed by atoms with Gasteiger partial charge >= 0.3 is 0 Å². The number of rotatable bonds is 5. The number of hydrogen-bond acceptors (Lipinski definition) is 3. The van der Waals surface area contributed by atoms with Crippen molar-refractivity contribution in [3.8, 4) is 0 Å². The van der Waals surface area contributed by atoms with Gasteiger partial charge in [0.1, 0.15) is 0 Å². The normalized spacial score (nSPS) is 11.4. The van der Waals surface area contributed by atoms with Gasteiger partial charge in [-0.2, -0.15) is 0 Å². The van der Waals surface area contributed by atoms with E-state index in [1.807, 2.05) is 13.8 Å². The minimum absolute atomic E-state index is 0.0324. The van der Waals surface area contributed by atoms with Crippen molar-refractivity contribution in [2.24, 2.45) is 11.7 Å². The maximum absolute atomic E-state index is 10.8. The molecule has 0 aliphatic carbocycles. The molecule has 5 heteroatoms. The average molecular weight is 226 g/mol. The Morgan fingerprint density at radius 2 is 1.94 bits per heavy atom. The Morgan fingerprint density at radius 3 is 2.19 bits per heavy atom. The molecule has 0 saturated heterocycles. The van der Waals surface area contributed by atoms with Gasteiger partial charge in [-0.05, 0) is 19.8 Å². The zero-order valence-electron chi connectivity index (χ0n) is 10.1. The van der Waals surface area contributed by atoms with E-state index in [4.69, 9.17) is 5.73 Å². The lowest BCUT2D eigenvalue weighted by Gasteiger charge is -2.08. The van der Waals surface area contributed by atoms with Crippen molar-refractivity contribution < 1.29 is 9.72 Å². The van der Waals surface area contributed by atoms with E-state index >= 15 is 0 Å². The highest BCUT2D eigenvalue weighted by molar-refractivity contribution is 5.76. The Balaban J connectivity index is 5.26. The number of nitrogens with two attached hydrogens (primary N) is 1. The first-order valence-electron chi connectivity index (χ1n) is 5.06. The van der Waals surface area contributed by atoms with Crippen LogP contribution in [0, 0.1) is 16.0 Å². The Bertz CT molecular complexity index is 350. The molecule has 0 aliphatic heterocycles. The first kappa shape index (κ1) is 14.3. The fourth-order valence-electron chi connectivity index (χ4n) is 1.18. The second kappa shape index (κ2) is 6.05. The van der Waals surface area contributed by atoms with Crippen LogP contribution in [0.5, 0.6) is 0 Å². The van der Waals surface area contributed by atoms with Crippen molar-refractivity contribution in [2.75, 3.05) is 0 Å². The fraction of sp³-hybridized carbons (Fsp3) is 0.545. The summed E-state index contributed by atoms with van der Waals surface area (Å²) in [5.41, 5.74) is 6.41. The number of nitrogens with zero attached hydrogens (tertiary/aromatic N) is 1. The molecule has 0 aliphatic rings. The number of nitro groups is 1. The van der Waals surface area contributed by atoms with E-state index in [9.17, 15) is 14.9 Å². The average Bonchev–Trinajstić information content (AvgIpc) is 2.09. The number of carbonyl (C=O) groups is 1. The third-order valence-corrected chi connectivity index (χ3v) is 2.15. The fourth-order valence-corrected chi connectivity index (χ4v) is 1.18. The van der Waals surface area contributed by atoms with Crippen molar-refractivity contribution in [1.29, 1.82) is 0 Å². The van der Waals surface area contributed by atoms with Gasteiger partial charge in [-0.3, -0.25) is 14.9 Å². The van der Waals surface area contributed by atoms with Gasteiger partial charge in [0.25, 0.3) is 5.70 Å². The van der Waals surface area contributed by atoms with Gasteiger partial charge < -0.3 is 5.73 Å². The summed E-state index contributed by atoms with van der Waals surface area (Å²) in [7, 11) is 0. The molecule has 16 heavy (non-hydrogen) atoms. The van der Waals surface area contributed by atoms with Crippen LogP contribution in [0.4, 0.5) is 0 Å². The summed E-state index contributed by atoms with van der Waals surface area (Å²) in [6.45, 7) is 7.07. The minimum atomic E-state index is -0.476. The second-order valence-electron chi connectivity index (χ2n) is 4.16. The molecular formula is C11H18N2O3. The number of primary amides is 1. The number of hydrogen-bond donors (Lipinski definition) is 1. The van der Waals surface area contributed by atoms with Crippen LogP contribution in [0.25, 0.3) is 0 Å². The standard InChI is InChI=1S/C11H18N2O3/c1-7(2)9(6-11(12)14)5-10(8(3)4)13(15)16/h5,7H,6H2,1-4H3,(H2,12,14)/b9-5-. The predicted molar refractivity (Wildman–Crippen MR) is 62.1 cm³/mol. The summed E-state index contributed by atoms with van der Waals surface area (Å²) >= 11 is 0. The van der Waals surface area contributed by atoms with E-state index in [0.717, 1.165) is 0 Å². The highest BCUT2D eigenvalue weighted by Gasteiger charge is 2.14. The van der Waals surface area contributed by atoms with Crippen LogP contribution in [0.2, 0.25) is 0 Å². The van der Waals surface area contributed by atoms with Crippen LogP contribution in [-0.2, 0) is 4.79 Å². The van der Waals surface area contributed by atoms with E-state index in [0.29, 0.717) is 11.1 Å². The Kier molecular flexibility index (Phi) is 5.42. The van der Waals surface area contributed by atoms with E-state index in [2.05, 4.69) is 0 Å². The molecule has 1 amide bonds. The van der Waals surface area contributed by atoms with Crippen molar-refractivity contribution in [2.45, 2.75) is 34.1 Å². The molecule has 90 valence electrons. The Morgan fingerprint density at radius 1 is 1.44 bits per heavy atom. The van der Waals surface area contributed by atoms with Gasteiger partial charge in [0.15, 0.2) is 0 Å². The Hall–Kier alpha value is -1.65. The highest BCUT2D eigenvalue weighted by Crippen LogP contribution is 2.18. The molecule has 0 rings (SSSR count). The van der Waals surface area contributed by atoms with Gasteiger partial charge in [-0.15, -0.1) is 0 Å². The predicted octanol–water partition coefficient (Wildman–Crippen LogP) is 2.01. The van der Waals surface area contributed by atoms with Crippen molar-refractivity contribution in [1.82, 2.24) is 0 Å². The van der Waals surface area contributed by atoms with E-state index in [1.165, 1.54) is 6.08 Å². The SMILES string of the molecule is CC(C)=C(/C=C(/CC(N)=O)C(C)C)[N+](=O)[O-]. The molecule has 2 N–H and O–H groups in total. The van der Waals surface area contributed by atoms with Crippen LogP contribution in [-0.4, -0.2) is 10.8 Å². The minimum Gasteiger partial charge on any atom is -0.369 e. The maximum Gasteiger partial charge on any atom is 0.268 e. The zero-order valence-corrected chi connectivity index (χ0v) is 10.1. The van der Waals surface area contributed by atoms with Gasteiger partial charge in [0.05, 0.1) is 4.92 Å². The topological polar surface area (TPSA) is 86.2 Å². The number of amides is 1. The van der Waals surface area contributed by atoms with Crippen molar-refractivity contribution in [3.05, 3.63) is 33.0 Å². The molecule has 5 nitrogen and oxygen atoms in total. The van der Waals surface area contributed by atoms with Crippen LogP contribution >= 0.6 is 0 Å². The third kappa shape index (κ3) is 4.72. The lowest BCUT2D eigenvalue weighted by molar-refractivity contribution is -0.420. The summed E-state index contributed by atoms with van der Waals surface area (Å²) in [5, 5.41) is 10.8. The lowest BCUT2D eigenvalue weighted by atomic mass is 9.98. The molecule has 0 bridgehead atoms. The molecule has 0 atom stereocenters. The van der Waals surface area contributed by atoms with Gasteiger partial charge in [-0.25, -0.2) is 0 Å². The molecule has 0 heterocycles. The van der Waals surface area contributed by atoms with Crippen LogP contribution < -0.4 is 5.73 Å². The maximum atomic E-state index is 10.8. The Labute approximate surface area is 95.2 Å². The van der Waals surface area contributed by atoms with E-state index in [-0.39, 0.29) is 18.0 Å². The molecule has 0 aromatic heterocycles. The summed E-state index contributed by atoms with van der Waals surface area (Å²) in [6.07, 6.45) is 1.51. The number of carbonyl (C=O) groups excluding carboxylic acids is 1. The second-order valence-corrected chi connectivity index (χ2v) is 4.16.